The molecule has 5 rings (SSSR count). The molecule has 0 aliphatic carbocycles. The maximum atomic E-state index is 14.2. The Morgan fingerprint density at radius 2 is 1.97 bits per heavy atom. The number of halogens is 1. The van der Waals surface area contributed by atoms with Crippen molar-refractivity contribution in [2.75, 3.05) is 0 Å². The molecule has 8 heteroatoms. The molecule has 0 amide bonds. The van der Waals surface area contributed by atoms with Crippen LogP contribution in [0.2, 0.25) is 0 Å². The van der Waals surface area contributed by atoms with E-state index in [0.29, 0.717) is 22.6 Å². The molecule has 150 valence electrons. The molecule has 30 heavy (non-hydrogen) atoms. The van der Waals surface area contributed by atoms with Gasteiger partial charge in [0, 0.05) is 22.8 Å². The number of hydrogen-bond donors (Lipinski definition) is 0. The number of aromatic nitrogens is 4. The topological polar surface area (TPSA) is 71.3 Å². The van der Waals surface area contributed by atoms with E-state index in [0.717, 1.165) is 11.3 Å². The van der Waals surface area contributed by atoms with Crippen LogP contribution in [0.1, 0.15) is 23.0 Å². The van der Waals surface area contributed by atoms with Crippen LogP contribution in [0.25, 0.3) is 5.69 Å². The fraction of sp³-hybridized carbons (Fsp3) is 0.136. The molecule has 1 aliphatic rings. The molecule has 0 fully saturated rings. The van der Waals surface area contributed by atoms with Gasteiger partial charge in [-0.05, 0) is 34.7 Å². The smallest absolute Gasteiger partial charge is 0.227 e. The summed E-state index contributed by atoms with van der Waals surface area (Å²) in [6, 6.07) is 19.8. The van der Waals surface area contributed by atoms with Crippen LogP contribution < -0.4 is 9.47 Å². The summed E-state index contributed by atoms with van der Waals surface area (Å²) < 4.78 is 33.5. The number of nitrogens with zero attached hydrogens (tertiary/aromatic N) is 4. The first kappa shape index (κ1) is 18.3. The lowest BCUT2D eigenvalue weighted by Gasteiger charge is -2.28. The molecule has 0 N–H and O–H groups in total. The van der Waals surface area contributed by atoms with Crippen LogP contribution in [-0.2, 0) is 18.0 Å². The van der Waals surface area contributed by atoms with E-state index >= 15 is 0 Å². The molecule has 1 aromatic heterocycles. The van der Waals surface area contributed by atoms with Gasteiger partial charge in [0.05, 0.1) is 12.3 Å². The average molecular weight is 404 g/mol. The Bertz CT molecular complexity index is 1150. The summed E-state index contributed by atoms with van der Waals surface area (Å²) in [5, 5.41) is 11.1. The average Bonchev–Trinajstić information content (AvgIpc) is 3.33. The molecule has 1 aliphatic heterocycles. The lowest BCUT2D eigenvalue weighted by atomic mass is 10.1. The Labute approximate surface area is 171 Å². The normalized spacial score (nSPS) is 15.3. The van der Waals surface area contributed by atoms with Gasteiger partial charge in [0.2, 0.25) is 6.29 Å². The minimum absolute atomic E-state index is 0.140. The Kier molecular flexibility index (Phi) is 4.82. The first-order valence-electron chi connectivity index (χ1n) is 9.37. The standard InChI is InChI=1S/C22H17FN4O3/c23-18-9-16(12-28-20-8-4-7-19(11-20)27-14-24-25-26-27)21-17(10-18)13-29-22(30-21)15-5-2-1-3-6-15/h1-11,14,22H,12-13H2/t22-/m0/s1. The van der Waals surface area contributed by atoms with Gasteiger partial charge in [0.25, 0.3) is 0 Å². The van der Waals surface area contributed by atoms with Crippen molar-refractivity contribution in [2.45, 2.75) is 19.5 Å². The van der Waals surface area contributed by atoms with Crippen molar-refractivity contribution < 1.29 is 18.6 Å². The van der Waals surface area contributed by atoms with E-state index in [-0.39, 0.29) is 19.0 Å². The predicted molar refractivity (Wildman–Crippen MR) is 104 cm³/mol. The molecular weight excluding hydrogens is 387 g/mol. The number of tetrazole rings is 1. The monoisotopic (exact) mass is 404 g/mol. The van der Waals surface area contributed by atoms with Gasteiger partial charge in [-0.25, -0.2) is 9.07 Å². The molecule has 0 saturated carbocycles. The zero-order valence-electron chi connectivity index (χ0n) is 15.8. The fourth-order valence-electron chi connectivity index (χ4n) is 3.32. The van der Waals surface area contributed by atoms with Gasteiger partial charge >= 0.3 is 0 Å². The third-order valence-corrected chi connectivity index (χ3v) is 4.72. The molecule has 0 bridgehead atoms. The largest absolute Gasteiger partial charge is 0.489 e. The summed E-state index contributed by atoms with van der Waals surface area (Å²) in [5.74, 6) is 0.834. The van der Waals surface area contributed by atoms with Crippen molar-refractivity contribution in [1.82, 2.24) is 20.2 Å². The Morgan fingerprint density at radius 1 is 1.07 bits per heavy atom. The third kappa shape index (κ3) is 3.72. The molecule has 0 unspecified atom stereocenters. The summed E-state index contributed by atoms with van der Waals surface area (Å²) in [6.45, 7) is 0.398. The highest BCUT2D eigenvalue weighted by atomic mass is 19.1. The van der Waals surface area contributed by atoms with E-state index in [1.165, 1.54) is 23.1 Å². The molecule has 0 spiro atoms. The first-order valence-corrected chi connectivity index (χ1v) is 9.37. The number of ether oxygens (including phenoxy) is 3. The van der Waals surface area contributed by atoms with E-state index in [9.17, 15) is 4.39 Å². The van der Waals surface area contributed by atoms with Gasteiger partial charge in [-0.2, -0.15) is 0 Å². The SMILES string of the molecule is Fc1cc(COc2cccc(-n3cnnn3)c2)c2c(c1)CO[C@H](c1ccccc1)O2. The molecular formula is C22H17FN4O3. The quantitative estimate of drug-likeness (QED) is 0.501. The van der Waals surface area contributed by atoms with E-state index in [2.05, 4.69) is 15.5 Å². The minimum Gasteiger partial charge on any atom is -0.489 e. The van der Waals surface area contributed by atoms with Crippen LogP contribution in [0.3, 0.4) is 0 Å². The van der Waals surface area contributed by atoms with Crippen molar-refractivity contribution in [3.8, 4) is 17.2 Å². The maximum Gasteiger partial charge on any atom is 0.227 e. The minimum atomic E-state index is -0.550. The van der Waals surface area contributed by atoms with Crippen molar-refractivity contribution in [1.29, 1.82) is 0 Å². The van der Waals surface area contributed by atoms with E-state index in [1.807, 2.05) is 48.5 Å². The number of hydrogen-bond acceptors (Lipinski definition) is 6. The second-order valence-electron chi connectivity index (χ2n) is 6.77. The summed E-state index contributed by atoms with van der Waals surface area (Å²) in [6.07, 6.45) is 0.950. The Balaban J connectivity index is 1.38. The van der Waals surface area contributed by atoms with E-state index in [4.69, 9.17) is 14.2 Å². The summed E-state index contributed by atoms with van der Waals surface area (Å²) >= 11 is 0. The van der Waals surface area contributed by atoms with Crippen molar-refractivity contribution >= 4 is 0 Å². The summed E-state index contributed by atoms with van der Waals surface area (Å²) in [4.78, 5) is 0. The fourth-order valence-corrected chi connectivity index (χ4v) is 3.32. The van der Waals surface area contributed by atoms with Crippen LogP contribution >= 0.6 is 0 Å². The molecule has 0 saturated heterocycles. The van der Waals surface area contributed by atoms with Crippen LogP contribution in [0.15, 0.2) is 73.1 Å². The van der Waals surface area contributed by atoms with Crippen molar-refractivity contribution in [2.24, 2.45) is 0 Å². The van der Waals surface area contributed by atoms with Crippen LogP contribution in [0, 0.1) is 5.82 Å². The zero-order valence-corrected chi connectivity index (χ0v) is 15.8. The van der Waals surface area contributed by atoms with Gasteiger partial charge in [-0.15, -0.1) is 5.10 Å². The highest BCUT2D eigenvalue weighted by Crippen LogP contribution is 2.37. The van der Waals surface area contributed by atoms with Crippen molar-refractivity contribution in [3.63, 3.8) is 0 Å². The maximum absolute atomic E-state index is 14.2. The van der Waals surface area contributed by atoms with E-state index in [1.54, 1.807) is 6.07 Å². The van der Waals surface area contributed by atoms with Crippen molar-refractivity contribution in [3.05, 3.63) is 95.6 Å². The summed E-state index contributed by atoms with van der Waals surface area (Å²) in [7, 11) is 0. The van der Waals surface area contributed by atoms with Crippen LogP contribution in [0.4, 0.5) is 4.39 Å². The van der Waals surface area contributed by atoms with Gasteiger partial charge in [0.15, 0.2) is 0 Å². The second kappa shape index (κ2) is 7.92. The molecule has 1 atom stereocenters. The molecule has 4 aromatic rings. The lowest BCUT2D eigenvalue weighted by Crippen LogP contribution is -2.19. The second-order valence-corrected chi connectivity index (χ2v) is 6.77. The Hall–Kier alpha value is -3.78. The van der Waals surface area contributed by atoms with E-state index < -0.39 is 6.29 Å². The van der Waals surface area contributed by atoms with Crippen LogP contribution in [-0.4, -0.2) is 20.2 Å². The highest BCUT2D eigenvalue weighted by molar-refractivity contribution is 5.44. The van der Waals surface area contributed by atoms with Gasteiger partial charge < -0.3 is 14.2 Å². The van der Waals surface area contributed by atoms with Crippen LogP contribution in [0.5, 0.6) is 11.5 Å². The Morgan fingerprint density at radius 3 is 2.80 bits per heavy atom. The van der Waals surface area contributed by atoms with Gasteiger partial charge in [-0.3, -0.25) is 0 Å². The summed E-state index contributed by atoms with van der Waals surface area (Å²) in [5.41, 5.74) is 2.92. The number of fused-ring (bicyclic) bond motifs is 1. The van der Waals surface area contributed by atoms with Gasteiger partial charge in [0.1, 0.15) is 30.3 Å². The third-order valence-electron chi connectivity index (χ3n) is 4.72. The highest BCUT2D eigenvalue weighted by Gasteiger charge is 2.25. The molecule has 2 heterocycles. The first-order chi connectivity index (χ1) is 14.8. The molecule has 0 radical (unpaired) electrons. The lowest BCUT2D eigenvalue weighted by molar-refractivity contribution is -0.112. The molecule has 3 aromatic carbocycles. The zero-order chi connectivity index (χ0) is 20.3. The number of rotatable bonds is 5. The predicted octanol–water partition coefficient (Wildman–Crippen LogP) is 3.99. The number of benzene rings is 3. The molecule has 7 nitrogen and oxygen atoms in total. The van der Waals surface area contributed by atoms with Gasteiger partial charge in [-0.1, -0.05) is 36.4 Å².